The summed E-state index contributed by atoms with van der Waals surface area (Å²) >= 11 is 0. The van der Waals surface area contributed by atoms with Crippen molar-refractivity contribution in [2.24, 2.45) is 5.73 Å². The van der Waals surface area contributed by atoms with Crippen molar-refractivity contribution in [2.75, 3.05) is 36.0 Å². The van der Waals surface area contributed by atoms with Crippen molar-refractivity contribution in [3.05, 3.63) is 30.1 Å². The fourth-order valence-corrected chi connectivity index (χ4v) is 3.56. The Morgan fingerprint density at radius 3 is 2.84 bits per heavy atom. The number of hydrogen-bond donors (Lipinski definition) is 1. The third kappa shape index (κ3) is 2.37. The molecule has 19 heavy (non-hydrogen) atoms. The Balaban J connectivity index is 2.01. The maximum absolute atomic E-state index is 11.5. The summed E-state index contributed by atoms with van der Waals surface area (Å²) in [6.07, 6.45) is 2.83. The summed E-state index contributed by atoms with van der Waals surface area (Å²) in [5.41, 5.74) is 7.83. The Morgan fingerprint density at radius 1 is 1.32 bits per heavy atom. The molecule has 0 spiro atoms. The molecule has 0 saturated carbocycles. The first kappa shape index (κ1) is 12.6. The molecule has 1 fully saturated rings. The monoisotopic (exact) mass is 278 g/mol. The van der Waals surface area contributed by atoms with Gasteiger partial charge in [0.25, 0.3) is 0 Å². The van der Waals surface area contributed by atoms with Crippen molar-refractivity contribution in [3.63, 3.8) is 0 Å². The van der Waals surface area contributed by atoms with E-state index in [9.17, 15) is 4.21 Å². The molecule has 1 aliphatic heterocycles. The van der Waals surface area contributed by atoms with Gasteiger partial charge in [0, 0.05) is 48.0 Å². The van der Waals surface area contributed by atoms with E-state index >= 15 is 0 Å². The zero-order chi connectivity index (χ0) is 13.2. The van der Waals surface area contributed by atoms with Gasteiger partial charge >= 0.3 is 0 Å². The third-order valence-electron chi connectivity index (χ3n) is 3.47. The SMILES string of the molecule is NCCc1c(N2CCS(=O)CC2)nc2ccccn12. The molecular weight excluding hydrogens is 260 g/mol. The first-order valence-electron chi connectivity index (χ1n) is 6.55. The molecule has 3 heterocycles. The van der Waals surface area contributed by atoms with Gasteiger partial charge in [0.1, 0.15) is 5.65 Å². The third-order valence-corrected chi connectivity index (χ3v) is 4.74. The van der Waals surface area contributed by atoms with Crippen LogP contribution in [0.2, 0.25) is 0 Å². The topological polar surface area (TPSA) is 63.6 Å². The van der Waals surface area contributed by atoms with Crippen molar-refractivity contribution in [1.82, 2.24) is 9.38 Å². The lowest BCUT2D eigenvalue weighted by atomic mass is 10.3. The standard InChI is InChI=1S/C13H18N4OS/c14-5-4-11-13(16-7-9-19(18)10-8-16)15-12-3-1-2-6-17(11)12/h1-3,6H,4-5,7-10,14H2. The molecule has 0 bridgehead atoms. The molecular formula is C13H18N4OS. The maximum atomic E-state index is 11.5. The zero-order valence-electron chi connectivity index (χ0n) is 10.8. The Labute approximate surface area is 114 Å². The molecule has 0 aliphatic carbocycles. The summed E-state index contributed by atoms with van der Waals surface area (Å²) in [5, 5.41) is 0. The average molecular weight is 278 g/mol. The minimum atomic E-state index is -0.664. The molecule has 0 unspecified atom stereocenters. The molecule has 6 heteroatoms. The van der Waals surface area contributed by atoms with Gasteiger partial charge in [-0.15, -0.1) is 0 Å². The van der Waals surface area contributed by atoms with Crippen molar-refractivity contribution < 1.29 is 4.21 Å². The van der Waals surface area contributed by atoms with Crippen LogP contribution in [0.1, 0.15) is 5.69 Å². The predicted octanol–water partition coefficient (Wildman–Crippen LogP) is 0.404. The lowest BCUT2D eigenvalue weighted by Gasteiger charge is -2.27. The molecule has 2 N–H and O–H groups in total. The summed E-state index contributed by atoms with van der Waals surface area (Å²) in [6, 6.07) is 6.00. The number of imidazole rings is 1. The van der Waals surface area contributed by atoms with E-state index < -0.39 is 10.8 Å². The van der Waals surface area contributed by atoms with E-state index in [1.807, 2.05) is 24.4 Å². The quantitative estimate of drug-likeness (QED) is 0.883. The van der Waals surface area contributed by atoms with Crippen molar-refractivity contribution in [2.45, 2.75) is 6.42 Å². The first-order valence-corrected chi connectivity index (χ1v) is 8.04. The van der Waals surface area contributed by atoms with Crippen LogP contribution in [0.5, 0.6) is 0 Å². The molecule has 1 aliphatic rings. The highest BCUT2D eigenvalue weighted by Gasteiger charge is 2.21. The van der Waals surface area contributed by atoms with Gasteiger partial charge in [0.05, 0.1) is 5.69 Å². The predicted molar refractivity (Wildman–Crippen MR) is 78.0 cm³/mol. The van der Waals surface area contributed by atoms with Crippen LogP contribution < -0.4 is 10.6 Å². The normalized spacial score (nSPS) is 17.2. The molecule has 1 saturated heterocycles. The molecule has 0 atom stereocenters. The molecule has 3 rings (SSSR count). The highest BCUT2D eigenvalue weighted by atomic mass is 32.2. The van der Waals surface area contributed by atoms with Crippen LogP contribution in [-0.2, 0) is 17.2 Å². The fourth-order valence-electron chi connectivity index (χ4n) is 2.51. The molecule has 5 nitrogen and oxygen atoms in total. The van der Waals surface area contributed by atoms with Gasteiger partial charge in [0.2, 0.25) is 0 Å². The lowest BCUT2D eigenvalue weighted by Crippen LogP contribution is -2.38. The van der Waals surface area contributed by atoms with Gasteiger partial charge in [-0.25, -0.2) is 4.98 Å². The number of rotatable bonds is 3. The van der Waals surface area contributed by atoms with E-state index in [0.717, 1.165) is 48.2 Å². The van der Waals surface area contributed by atoms with Crippen LogP contribution in [0.25, 0.3) is 5.65 Å². The maximum Gasteiger partial charge on any atom is 0.151 e. The zero-order valence-corrected chi connectivity index (χ0v) is 11.6. The van der Waals surface area contributed by atoms with E-state index in [1.54, 1.807) is 0 Å². The number of nitrogens with two attached hydrogens (primary N) is 1. The summed E-state index contributed by atoms with van der Waals surface area (Å²) in [6.45, 7) is 2.23. The smallest absolute Gasteiger partial charge is 0.151 e. The van der Waals surface area contributed by atoms with Gasteiger partial charge in [-0.1, -0.05) is 6.07 Å². The minimum Gasteiger partial charge on any atom is -0.353 e. The summed E-state index contributed by atoms with van der Waals surface area (Å²) in [5.74, 6) is 2.47. The van der Waals surface area contributed by atoms with Crippen LogP contribution >= 0.6 is 0 Å². The van der Waals surface area contributed by atoms with Crippen molar-refractivity contribution >= 4 is 22.3 Å². The van der Waals surface area contributed by atoms with Crippen LogP contribution in [-0.4, -0.2) is 44.7 Å². The van der Waals surface area contributed by atoms with Crippen LogP contribution in [0, 0.1) is 0 Å². The van der Waals surface area contributed by atoms with E-state index in [4.69, 9.17) is 10.7 Å². The number of nitrogens with zero attached hydrogens (tertiary/aromatic N) is 3. The van der Waals surface area contributed by atoms with Crippen LogP contribution in [0.15, 0.2) is 24.4 Å². The van der Waals surface area contributed by atoms with Gasteiger partial charge in [0.15, 0.2) is 5.82 Å². The molecule has 0 radical (unpaired) electrons. The van der Waals surface area contributed by atoms with Gasteiger partial charge < -0.3 is 15.0 Å². The molecule has 0 amide bonds. The van der Waals surface area contributed by atoms with Gasteiger partial charge in [-0.05, 0) is 18.7 Å². The fraction of sp³-hybridized carbons (Fsp3) is 0.462. The molecule has 2 aromatic heterocycles. The summed E-state index contributed by atoms with van der Waals surface area (Å²) < 4.78 is 13.6. The Morgan fingerprint density at radius 2 is 2.11 bits per heavy atom. The molecule has 102 valence electrons. The van der Waals surface area contributed by atoms with Gasteiger partial charge in [-0.2, -0.15) is 0 Å². The number of anilines is 1. The highest BCUT2D eigenvalue weighted by molar-refractivity contribution is 7.85. The Hall–Kier alpha value is -1.40. The second-order valence-corrected chi connectivity index (χ2v) is 6.38. The number of pyridine rings is 1. The molecule has 2 aromatic rings. The lowest BCUT2D eigenvalue weighted by molar-refractivity contribution is 0.672. The summed E-state index contributed by atoms with van der Waals surface area (Å²) in [7, 11) is -0.664. The van der Waals surface area contributed by atoms with Crippen molar-refractivity contribution in [3.8, 4) is 0 Å². The van der Waals surface area contributed by atoms with E-state index in [2.05, 4.69) is 9.30 Å². The van der Waals surface area contributed by atoms with Crippen LogP contribution in [0.3, 0.4) is 0 Å². The van der Waals surface area contributed by atoms with Crippen LogP contribution in [0.4, 0.5) is 5.82 Å². The van der Waals surface area contributed by atoms with Crippen molar-refractivity contribution in [1.29, 1.82) is 0 Å². The Kier molecular flexibility index (Phi) is 3.52. The van der Waals surface area contributed by atoms with E-state index in [-0.39, 0.29) is 0 Å². The van der Waals surface area contributed by atoms with Gasteiger partial charge in [-0.3, -0.25) is 4.21 Å². The average Bonchev–Trinajstić information content (AvgIpc) is 2.79. The van der Waals surface area contributed by atoms with E-state index in [1.165, 1.54) is 0 Å². The minimum absolute atomic E-state index is 0.607. The number of aromatic nitrogens is 2. The first-order chi connectivity index (χ1) is 9.29. The molecule has 0 aromatic carbocycles. The summed E-state index contributed by atoms with van der Waals surface area (Å²) in [4.78, 5) is 6.95. The Bertz CT molecular complexity index is 600. The second-order valence-electron chi connectivity index (χ2n) is 4.68. The second kappa shape index (κ2) is 5.30. The number of fused-ring (bicyclic) bond motifs is 1. The highest BCUT2D eigenvalue weighted by Crippen LogP contribution is 2.23. The largest absolute Gasteiger partial charge is 0.353 e. The number of hydrogen-bond acceptors (Lipinski definition) is 4. The van der Waals surface area contributed by atoms with E-state index in [0.29, 0.717) is 6.54 Å².